The Morgan fingerprint density at radius 1 is 1.16 bits per heavy atom. The Kier molecular flexibility index (Phi) is 3.98. The van der Waals surface area contributed by atoms with Crippen LogP contribution in [0.2, 0.25) is 5.02 Å². The van der Waals surface area contributed by atoms with Crippen LogP contribution in [0, 0.1) is 23.0 Å². The van der Waals surface area contributed by atoms with Crippen molar-refractivity contribution in [2.24, 2.45) is 0 Å². The first-order valence-electron chi connectivity index (χ1n) is 5.36. The van der Waals surface area contributed by atoms with Crippen LogP contribution in [0.15, 0.2) is 36.4 Å². The summed E-state index contributed by atoms with van der Waals surface area (Å²) in [6.45, 7) is 0.0878. The molecule has 5 heteroatoms. The Bertz CT molecular complexity index is 652. The predicted molar refractivity (Wildman–Crippen MR) is 66.9 cm³/mol. The van der Waals surface area contributed by atoms with Gasteiger partial charge in [0.2, 0.25) is 0 Å². The molecule has 0 aliphatic carbocycles. The molecule has 0 unspecified atom stereocenters. The lowest BCUT2D eigenvalue weighted by atomic mass is 10.2. The summed E-state index contributed by atoms with van der Waals surface area (Å²) in [7, 11) is 0. The first-order valence-corrected chi connectivity index (χ1v) is 5.74. The molecule has 0 saturated heterocycles. The third-order valence-electron chi connectivity index (χ3n) is 2.47. The van der Waals surface area contributed by atoms with Gasteiger partial charge in [-0.2, -0.15) is 5.26 Å². The molecule has 0 N–H and O–H groups in total. The zero-order valence-corrected chi connectivity index (χ0v) is 10.4. The number of rotatable bonds is 3. The molecule has 0 fully saturated rings. The highest BCUT2D eigenvalue weighted by molar-refractivity contribution is 6.31. The van der Waals surface area contributed by atoms with Crippen molar-refractivity contribution in [3.8, 4) is 11.8 Å². The van der Waals surface area contributed by atoms with Gasteiger partial charge in [-0.3, -0.25) is 0 Å². The quantitative estimate of drug-likeness (QED) is 0.848. The van der Waals surface area contributed by atoms with Gasteiger partial charge in [0.25, 0.3) is 0 Å². The fraction of sp³-hybridized carbons (Fsp3) is 0.0714. The maximum atomic E-state index is 13.3. The minimum atomic E-state index is -0.648. The van der Waals surface area contributed by atoms with Crippen LogP contribution < -0.4 is 4.74 Å². The molecule has 2 nitrogen and oxygen atoms in total. The van der Waals surface area contributed by atoms with Gasteiger partial charge in [-0.25, -0.2) is 8.78 Å². The fourth-order valence-corrected chi connectivity index (χ4v) is 1.70. The molecule has 0 aliphatic heterocycles. The van der Waals surface area contributed by atoms with E-state index in [0.29, 0.717) is 5.56 Å². The Labute approximate surface area is 113 Å². The Hall–Kier alpha value is -2.12. The molecule has 2 rings (SSSR count). The number of halogens is 3. The van der Waals surface area contributed by atoms with E-state index in [1.54, 1.807) is 6.07 Å². The Balaban J connectivity index is 2.10. The van der Waals surface area contributed by atoms with Gasteiger partial charge in [0.1, 0.15) is 30.1 Å². The van der Waals surface area contributed by atoms with Gasteiger partial charge in [0, 0.05) is 11.6 Å². The molecule has 19 heavy (non-hydrogen) atoms. The van der Waals surface area contributed by atoms with E-state index in [2.05, 4.69) is 0 Å². The normalized spacial score (nSPS) is 10.0. The molecule has 2 aromatic carbocycles. The third kappa shape index (κ3) is 3.21. The molecule has 0 amide bonds. The molecule has 0 heterocycles. The molecule has 0 radical (unpaired) electrons. The van der Waals surface area contributed by atoms with Gasteiger partial charge in [0.15, 0.2) is 0 Å². The minimum absolute atomic E-state index is 0.0489. The van der Waals surface area contributed by atoms with Crippen molar-refractivity contribution >= 4 is 11.6 Å². The van der Waals surface area contributed by atoms with Crippen molar-refractivity contribution < 1.29 is 13.5 Å². The fourth-order valence-electron chi connectivity index (χ4n) is 1.48. The third-order valence-corrected chi connectivity index (χ3v) is 2.82. The van der Waals surface area contributed by atoms with Crippen LogP contribution >= 0.6 is 11.6 Å². The van der Waals surface area contributed by atoms with Crippen molar-refractivity contribution in [2.75, 3.05) is 0 Å². The van der Waals surface area contributed by atoms with Gasteiger partial charge in [-0.1, -0.05) is 17.7 Å². The van der Waals surface area contributed by atoms with Gasteiger partial charge < -0.3 is 4.74 Å². The highest BCUT2D eigenvalue weighted by Crippen LogP contribution is 2.21. The number of hydrogen-bond acceptors (Lipinski definition) is 2. The summed E-state index contributed by atoms with van der Waals surface area (Å²) in [6.07, 6.45) is 0. The summed E-state index contributed by atoms with van der Waals surface area (Å²) in [5.41, 5.74) is 0.542. The van der Waals surface area contributed by atoms with Gasteiger partial charge in [0.05, 0.1) is 10.6 Å². The predicted octanol–water partition coefficient (Wildman–Crippen LogP) is 4.07. The van der Waals surface area contributed by atoms with Gasteiger partial charge in [-0.15, -0.1) is 0 Å². The van der Waals surface area contributed by atoms with Crippen LogP contribution in [0.25, 0.3) is 0 Å². The number of hydrogen-bond donors (Lipinski definition) is 0. The van der Waals surface area contributed by atoms with E-state index in [4.69, 9.17) is 21.6 Å². The van der Waals surface area contributed by atoms with E-state index in [9.17, 15) is 8.78 Å². The van der Waals surface area contributed by atoms with Crippen LogP contribution in [-0.2, 0) is 6.61 Å². The maximum Gasteiger partial charge on any atom is 0.144 e. The smallest absolute Gasteiger partial charge is 0.144 e. The first-order chi connectivity index (χ1) is 9.10. The average molecular weight is 280 g/mol. The monoisotopic (exact) mass is 279 g/mol. The van der Waals surface area contributed by atoms with E-state index >= 15 is 0 Å². The lowest BCUT2D eigenvalue weighted by Crippen LogP contribution is -1.97. The second-order valence-electron chi connectivity index (χ2n) is 3.78. The summed E-state index contributed by atoms with van der Waals surface area (Å²) in [4.78, 5) is 0. The molecule has 0 atom stereocenters. The summed E-state index contributed by atoms with van der Waals surface area (Å²) < 4.78 is 31.5. The molecule has 2 aromatic rings. The Morgan fingerprint density at radius 2 is 1.95 bits per heavy atom. The van der Waals surface area contributed by atoms with Crippen molar-refractivity contribution in [3.05, 3.63) is 64.2 Å². The van der Waals surface area contributed by atoms with Gasteiger partial charge >= 0.3 is 0 Å². The highest BCUT2D eigenvalue weighted by atomic mass is 35.5. The molecule has 0 bridgehead atoms. The molecular weight excluding hydrogens is 272 g/mol. The van der Waals surface area contributed by atoms with Crippen LogP contribution in [-0.4, -0.2) is 0 Å². The van der Waals surface area contributed by atoms with Crippen molar-refractivity contribution in [1.82, 2.24) is 0 Å². The Morgan fingerprint density at radius 3 is 2.58 bits per heavy atom. The van der Waals surface area contributed by atoms with E-state index in [1.165, 1.54) is 30.3 Å². The lowest BCUT2D eigenvalue weighted by Gasteiger charge is -2.08. The summed E-state index contributed by atoms with van der Waals surface area (Å²) in [5.74, 6) is -0.805. The molecule has 0 aliphatic rings. The number of nitrogens with zero attached hydrogens (tertiary/aromatic N) is 1. The summed E-state index contributed by atoms with van der Waals surface area (Å²) >= 11 is 5.84. The van der Waals surface area contributed by atoms with E-state index in [1.807, 2.05) is 0 Å². The second kappa shape index (κ2) is 5.68. The van der Waals surface area contributed by atoms with E-state index < -0.39 is 11.6 Å². The largest absolute Gasteiger partial charge is 0.489 e. The molecule has 0 aromatic heterocycles. The molecule has 96 valence electrons. The lowest BCUT2D eigenvalue weighted by molar-refractivity contribution is 0.304. The van der Waals surface area contributed by atoms with Crippen LogP contribution in [0.3, 0.4) is 0 Å². The highest BCUT2D eigenvalue weighted by Gasteiger charge is 2.06. The van der Waals surface area contributed by atoms with Crippen molar-refractivity contribution in [3.63, 3.8) is 0 Å². The minimum Gasteiger partial charge on any atom is -0.489 e. The van der Waals surface area contributed by atoms with Crippen LogP contribution in [0.4, 0.5) is 8.78 Å². The number of ether oxygens (including phenoxy) is 1. The van der Waals surface area contributed by atoms with E-state index in [-0.39, 0.29) is 22.9 Å². The molecule has 0 spiro atoms. The molecular formula is C14H8ClF2NO. The standard InChI is InChI=1S/C14H8ClF2NO/c15-13-5-11(16)3-1-10(13)8-19-12-4-2-9(7-18)14(17)6-12/h1-6H,8H2. The van der Waals surface area contributed by atoms with Crippen molar-refractivity contribution in [1.29, 1.82) is 5.26 Å². The van der Waals surface area contributed by atoms with E-state index in [0.717, 1.165) is 6.07 Å². The maximum absolute atomic E-state index is 13.3. The molecule has 0 saturated carbocycles. The zero-order chi connectivity index (χ0) is 13.8. The van der Waals surface area contributed by atoms with Gasteiger partial charge in [-0.05, 0) is 24.3 Å². The summed E-state index contributed by atoms with van der Waals surface area (Å²) in [6, 6.07) is 9.60. The van der Waals surface area contributed by atoms with Crippen LogP contribution in [0.5, 0.6) is 5.75 Å². The SMILES string of the molecule is N#Cc1ccc(OCc2ccc(F)cc2Cl)cc1F. The number of nitriles is 1. The second-order valence-corrected chi connectivity index (χ2v) is 4.19. The average Bonchev–Trinajstić information content (AvgIpc) is 2.38. The zero-order valence-electron chi connectivity index (χ0n) is 9.66. The van der Waals surface area contributed by atoms with Crippen molar-refractivity contribution in [2.45, 2.75) is 6.61 Å². The first kappa shape index (κ1) is 13.3. The summed E-state index contributed by atoms with van der Waals surface area (Å²) in [5, 5.41) is 8.84. The van der Waals surface area contributed by atoms with Crippen LogP contribution in [0.1, 0.15) is 11.1 Å². The number of benzene rings is 2. The topological polar surface area (TPSA) is 33.0 Å².